The van der Waals surface area contributed by atoms with Crippen LogP contribution in [0.4, 0.5) is 0 Å². The van der Waals surface area contributed by atoms with Crippen molar-refractivity contribution < 1.29 is 35.7 Å². The zero-order valence-corrected chi connectivity index (χ0v) is 7.71. The molecule has 0 aliphatic carbocycles. The first kappa shape index (κ1) is 13.7. The third kappa shape index (κ3) is 1.87. The minimum atomic E-state index is -3.84. The van der Waals surface area contributed by atoms with Gasteiger partial charge in [-0.2, -0.15) is 0 Å². The maximum atomic E-state index is 9.07. The molecule has 0 aromatic heterocycles. The summed E-state index contributed by atoms with van der Waals surface area (Å²) >= 11 is 0. The maximum absolute atomic E-state index is 9.07. The summed E-state index contributed by atoms with van der Waals surface area (Å²) in [4.78, 5) is 0. The monoisotopic (exact) mass is 213 g/mol. The predicted molar refractivity (Wildman–Crippen MR) is 42.0 cm³/mol. The summed E-state index contributed by atoms with van der Waals surface area (Å²) in [6.45, 7) is 1.11. The van der Waals surface area contributed by atoms with Crippen molar-refractivity contribution in [2.24, 2.45) is 5.73 Å². The van der Waals surface area contributed by atoms with Crippen LogP contribution in [0.5, 0.6) is 0 Å². The minimum Gasteiger partial charge on any atom is -0.371 e. The van der Waals surface area contributed by atoms with Crippen molar-refractivity contribution in [3.8, 4) is 0 Å². The zero-order chi connectivity index (χ0) is 12.0. The number of aliphatic hydroxyl groups is 7. The van der Waals surface area contributed by atoms with Crippen molar-refractivity contribution in [1.29, 1.82) is 0 Å². The van der Waals surface area contributed by atoms with Crippen molar-refractivity contribution in [2.75, 3.05) is 0 Å². The highest BCUT2D eigenvalue weighted by atomic mass is 16.7. The molecule has 0 saturated heterocycles. The van der Waals surface area contributed by atoms with Crippen molar-refractivity contribution >= 4 is 0 Å². The molecule has 1 atom stereocenters. The van der Waals surface area contributed by atoms with Crippen molar-refractivity contribution in [1.82, 2.24) is 0 Å². The van der Waals surface area contributed by atoms with Gasteiger partial charge in [0.1, 0.15) is 0 Å². The van der Waals surface area contributed by atoms with Crippen LogP contribution in [0.25, 0.3) is 0 Å². The number of hydrogen-bond donors (Lipinski definition) is 8. The maximum Gasteiger partial charge on any atom is 0.278 e. The molecule has 0 heterocycles. The molecule has 0 bridgehead atoms. The summed E-state index contributed by atoms with van der Waals surface area (Å²) in [6, 6.07) is 0. The Morgan fingerprint density at radius 3 is 1.07 bits per heavy atom. The Bertz CT molecular complexity index is 187. The van der Waals surface area contributed by atoms with E-state index in [4.69, 9.17) is 41.5 Å². The molecule has 0 radical (unpaired) electrons. The van der Waals surface area contributed by atoms with Gasteiger partial charge >= 0.3 is 0 Å². The lowest BCUT2D eigenvalue weighted by Gasteiger charge is -2.45. The Morgan fingerprint density at radius 1 is 0.714 bits per heavy atom. The van der Waals surface area contributed by atoms with E-state index in [2.05, 4.69) is 0 Å². The summed E-state index contributed by atoms with van der Waals surface area (Å²) in [5.41, 5.74) is 1.94. The predicted octanol–water partition coefficient (Wildman–Crippen LogP) is -4.28. The molecule has 86 valence electrons. The van der Waals surface area contributed by atoms with Crippen LogP contribution in [0, 0.1) is 0 Å². The van der Waals surface area contributed by atoms with Gasteiger partial charge in [0, 0.05) is 0 Å². The molecular weight excluding hydrogens is 198 g/mol. The van der Waals surface area contributed by atoms with Crippen LogP contribution in [-0.2, 0) is 0 Å². The third-order valence-electron chi connectivity index (χ3n) is 1.85. The molecule has 0 fully saturated rings. The van der Waals surface area contributed by atoms with Crippen LogP contribution in [-0.4, -0.2) is 58.8 Å². The van der Waals surface area contributed by atoms with Crippen molar-refractivity contribution in [3.05, 3.63) is 0 Å². The van der Waals surface area contributed by atoms with Crippen LogP contribution < -0.4 is 5.73 Å². The molecular formula is C6H15NO7. The van der Waals surface area contributed by atoms with Crippen LogP contribution >= 0.6 is 0 Å². The number of hydrogen-bond acceptors (Lipinski definition) is 8. The van der Waals surface area contributed by atoms with Crippen LogP contribution in [0.1, 0.15) is 13.8 Å². The van der Waals surface area contributed by atoms with Gasteiger partial charge in [-0.25, -0.2) is 0 Å². The van der Waals surface area contributed by atoms with E-state index >= 15 is 0 Å². The van der Waals surface area contributed by atoms with E-state index in [1.54, 1.807) is 0 Å². The van der Waals surface area contributed by atoms with Gasteiger partial charge in [0.05, 0.1) is 0 Å². The molecule has 9 N–H and O–H groups in total. The van der Waals surface area contributed by atoms with Gasteiger partial charge in [0.2, 0.25) is 5.79 Å². The topological polar surface area (TPSA) is 168 Å². The minimum absolute atomic E-state index is 0.472. The van der Waals surface area contributed by atoms with Gasteiger partial charge in [-0.15, -0.1) is 0 Å². The van der Waals surface area contributed by atoms with E-state index in [9.17, 15) is 0 Å². The fourth-order valence-electron chi connectivity index (χ4n) is 0.683. The number of nitrogens with two attached hydrogens (primary N) is 1. The molecule has 8 heteroatoms. The van der Waals surface area contributed by atoms with E-state index in [0.29, 0.717) is 13.8 Å². The van der Waals surface area contributed by atoms with Crippen molar-refractivity contribution in [2.45, 2.75) is 36.9 Å². The van der Waals surface area contributed by atoms with E-state index in [0.717, 1.165) is 0 Å². The average Bonchev–Trinajstić information content (AvgIpc) is 1.81. The third-order valence-corrected chi connectivity index (χ3v) is 1.85. The number of rotatable bonds is 3. The molecule has 1 unspecified atom stereocenters. The largest absolute Gasteiger partial charge is 0.371 e. The lowest BCUT2D eigenvalue weighted by molar-refractivity contribution is -0.474. The molecule has 0 aliphatic rings. The highest BCUT2D eigenvalue weighted by Crippen LogP contribution is 2.32. The molecule has 0 aliphatic heterocycles. The molecule has 0 saturated carbocycles. The fraction of sp³-hybridized carbons (Fsp3) is 1.00. The lowest BCUT2D eigenvalue weighted by Crippen LogP contribution is -2.77. The summed E-state index contributed by atoms with van der Waals surface area (Å²) in [5, 5.41) is 62.8. The first-order valence-corrected chi connectivity index (χ1v) is 3.60. The van der Waals surface area contributed by atoms with E-state index in [1.807, 2.05) is 0 Å². The van der Waals surface area contributed by atoms with E-state index in [-0.39, 0.29) is 0 Å². The van der Waals surface area contributed by atoms with Gasteiger partial charge in [0.25, 0.3) is 11.6 Å². The van der Waals surface area contributed by atoms with E-state index < -0.39 is 23.1 Å². The highest BCUT2D eigenvalue weighted by molar-refractivity contribution is 4.99. The second-order valence-electron chi connectivity index (χ2n) is 3.51. The Kier molecular flexibility index (Phi) is 3.01. The Hall–Kier alpha value is -0.320. The van der Waals surface area contributed by atoms with Gasteiger partial charge < -0.3 is 35.7 Å². The fourth-order valence-corrected chi connectivity index (χ4v) is 0.683. The second-order valence-corrected chi connectivity index (χ2v) is 3.51. The molecule has 0 spiro atoms. The van der Waals surface area contributed by atoms with Gasteiger partial charge in [0.15, 0.2) is 5.72 Å². The average molecular weight is 213 g/mol. The summed E-state index contributed by atoms with van der Waals surface area (Å²) in [7, 11) is 0. The normalized spacial score (nSPS) is 19.3. The molecule has 8 nitrogen and oxygen atoms in total. The summed E-state index contributed by atoms with van der Waals surface area (Å²) in [6.07, 6.45) is 0. The Balaban J connectivity index is 5.30. The second kappa shape index (κ2) is 3.08. The molecule has 0 aromatic carbocycles. The SMILES string of the molecule is CC(N)(O)C(O)(O)C(O)(O)C(C)(O)O. The van der Waals surface area contributed by atoms with E-state index in [1.165, 1.54) is 0 Å². The van der Waals surface area contributed by atoms with Gasteiger partial charge in [-0.1, -0.05) is 0 Å². The van der Waals surface area contributed by atoms with Crippen molar-refractivity contribution in [3.63, 3.8) is 0 Å². The van der Waals surface area contributed by atoms with Crippen LogP contribution in [0.15, 0.2) is 0 Å². The Morgan fingerprint density at radius 2 is 1.00 bits per heavy atom. The quantitative estimate of drug-likeness (QED) is 0.218. The molecule has 0 rings (SSSR count). The standard InChI is InChI=1S/C6H15NO7/c1-3(7,8)5(11,12)6(13,14)4(2,9)10/h8-14H,7H2,1-2H3. The Labute approximate surface area is 79.5 Å². The molecule has 0 amide bonds. The summed E-state index contributed by atoms with van der Waals surface area (Å²) < 4.78 is 0. The first-order valence-electron chi connectivity index (χ1n) is 3.60. The summed E-state index contributed by atoms with van der Waals surface area (Å²) in [5.74, 6) is -10.9. The highest BCUT2D eigenvalue weighted by Gasteiger charge is 2.65. The van der Waals surface area contributed by atoms with Gasteiger partial charge in [-0.3, -0.25) is 5.73 Å². The van der Waals surface area contributed by atoms with Gasteiger partial charge in [-0.05, 0) is 13.8 Å². The molecule has 0 aromatic rings. The smallest absolute Gasteiger partial charge is 0.278 e. The lowest BCUT2D eigenvalue weighted by atomic mass is 9.90. The zero-order valence-electron chi connectivity index (χ0n) is 7.71. The van der Waals surface area contributed by atoms with Crippen LogP contribution in [0.2, 0.25) is 0 Å². The van der Waals surface area contributed by atoms with Crippen LogP contribution in [0.3, 0.4) is 0 Å². The molecule has 14 heavy (non-hydrogen) atoms. The first-order chi connectivity index (χ1) is 5.75.